The highest BCUT2D eigenvalue weighted by atomic mass is 32.2. The Labute approximate surface area is 150 Å². The highest BCUT2D eigenvalue weighted by Crippen LogP contribution is 2.22. The van der Waals surface area contributed by atoms with Gasteiger partial charge in [0.25, 0.3) is 0 Å². The zero-order valence-corrected chi connectivity index (χ0v) is 14.7. The first kappa shape index (κ1) is 17.2. The SMILES string of the molecule is C[C@H](Sc1n[nH]c(-c2ccncc2)n1)C(=O)NCCc1ccccc1. The number of carbonyl (C=O) groups is 1. The molecule has 25 heavy (non-hydrogen) atoms. The molecule has 3 rings (SSSR count). The highest BCUT2D eigenvalue weighted by Gasteiger charge is 2.17. The van der Waals surface area contributed by atoms with Crippen LogP contribution in [0.1, 0.15) is 12.5 Å². The van der Waals surface area contributed by atoms with Crippen LogP contribution in [0.3, 0.4) is 0 Å². The Hall–Kier alpha value is -2.67. The summed E-state index contributed by atoms with van der Waals surface area (Å²) in [5.74, 6) is 0.651. The van der Waals surface area contributed by atoms with Gasteiger partial charge in [0.05, 0.1) is 5.25 Å². The number of thioether (sulfide) groups is 1. The van der Waals surface area contributed by atoms with E-state index in [4.69, 9.17) is 0 Å². The van der Waals surface area contributed by atoms with Gasteiger partial charge in [-0.2, -0.15) is 0 Å². The van der Waals surface area contributed by atoms with Gasteiger partial charge in [0, 0.05) is 24.5 Å². The van der Waals surface area contributed by atoms with Crippen molar-refractivity contribution in [1.82, 2.24) is 25.5 Å². The molecule has 6 nitrogen and oxygen atoms in total. The average molecular weight is 353 g/mol. The van der Waals surface area contributed by atoms with Crippen LogP contribution in [0.2, 0.25) is 0 Å². The molecule has 1 amide bonds. The first-order valence-electron chi connectivity index (χ1n) is 8.03. The van der Waals surface area contributed by atoms with Gasteiger partial charge in [0.15, 0.2) is 5.82 Å². The van der Waals surface area contributed by atoms with E-state index < -0.39 is 0 Å². The van der Waals surface area contributed by atoms with E-state index in [1.807, 2.05) is 37.3 Å². The van der Waals surface area contributed by atoms with E-state index in [-0.39, 0.29) is 11.2 Å². The van der Waals surface area contributed by atoms with Crippen molar-refractivity contribution in [3.8, 4) is 11.4 Å². The van der Waals surface area contributed by atoms with Crippen molar-refractivity contribution in [3.63, 3.8) is 0 Å². The lowest BCUT2D eigenvalue weighted by Crippen LogP contribution is -2.32. The van der Waals surface area contributed by atoms with Gasteiger partial charge in [-0.15, -0.1) is 5.10 Å². The Bertz CT molecular complexity index is 807. The van der Waals surface area contributed by atoms with Crippen LogP contribution in [0, 0.1) is 0 Å². The second-order valence-corrected chi connectivity index (χ2v) is 6.80. The summed E-state index contributed by atoms with van der Waals surface area (Å²) < 4.78 is 0. The fraction of sp³-hybridized carbons (Fsp3) is 0.222. The molecule has 0 aliphatic heterocycles. The molecule has 2 aromatic heterocycles. The summed E-state index contributed by atoms with van der Waals surface area (Å²) >= 11 is 1.33. The second-order valence-electron chi connectivity index (χ2n) is 5.49. The van der Waals surface area contributed by atoms with Crippen molar-refractivity contribution in [2.75, 3.05) is 6.54 Å². The predicted octanol–water partition coefficient (Wildman–Crippen LogP) is 2.71. The van der Waals surface area contributed by atoms with Crippen molar-refractivity contribution in [3.05, 3.63) is 60.4 Å². The zero-order valence-electron chi connectivity index (χ0n) is 13.8. The Balaban J connectivity index is 1.49. The van der Waals surface area contributed by atoms with Crippen LogP contribution in [0.25, 0.3) is 11.4 Å². The van der Waals surface area contributed by atoms with Crippen molar-refractivity contribution < 1.29 is 4.79 Å². The number of aromatic nitrogens is 4. The summed E-state index contributed by atoms with van der Waals surface area (Å²) in [5.41, 5.74) is 2.12. The number of H-pyrrole nitrogens is 1. The van der Waals surface area contributed by atoms with E-state index in [2.05, 4.69) is 37.6 Å². The fourth-order valence-corrected chi connectivity index (χ4v) is 3.02. The molecule has 0 aliphatic carbocycles. The molecular weight excluding hydrogens is 334 g/mol. The first-order valence-corrected chi connectivity index (χ1v) is 8.91. The van der Waals surface area contributed by atoms with E-state index in [0.29, 0.717) is 17.5 Å². The number of amides is 1. The molecule has 0 saturated heterocycles. The first-order chi connectivity index (χ1) is 12.2. The highest BCUT2D eigenvalue weighted by molar-refractivity contribution is 8.00. The van der Waals surface area contributed by atoms with Crippen LogP contribution in [0.5, 0.6) is 0 Å². The number of nitrogens with one attached hydrogen (secondary N) is 2. The standard InChI is InChI=1S/C18H19N5OS/c1-13(17(24)20-12-7-14-5-3-2-4-6-14)25-18-21-16(22-23-18)15-8-10-19-11-9-15/h2-6,8-11,13H,7,12H2,1H3,(H,20,24)(H,21,22,23)/t13-/m0/s1. The van der Waals surface area contributed by atoms with Crippen LogP contribution in [0.15, 0.2) is 60.0 Å². The molecule has 0 saturated carbocycles. The smallest absolute Gasteiger partial charge is 0.233 e. The lowest BCUT2D eigenvalue weighted by atomic mass is 10.1. The molecule has 128 valence electrons. The maximum Gasteiger partial charge on any atom is 0.233 e. The minimum Gasteiger partial charge on any atom is -0.355 e. The molecule has 3 aromatic rings. The van der Waals surface area contributed by atoms with E-state index in [9.17, 15) is 4.79 Å². The molecule has 0 radical (unpaired) electrons. The maximum absolute atomic E-state index is 12.2. The van der Waals surface area contributed by atoms with Gasteiger partial charge in [0.1, 0.15) is 0 Å². The van der Waals surface area contributed by atoms with Crippen LogP contribution < -0.4 is 5.32 Å². The minimum absolute atomic E-state index is 0.0174. The van der Waals surface area contributed by atoms with Crippen LogP contribution in [-0.2, 0) is 11.2 Å². The van der Waals surface area contributed by atoms with E-state index in [1.54, 1.807) is 12.4 Å². The normalized spacial score (nSPS) is 11.9. The predicted molar refractivity (Wildman–Crippen MR) is 98.1 cm³/mol. The Morgan fingerprint density at radius 2 is 1.96 bits per heavy atom. The summed E-state index contributed by atoms with van der Waals surface area (Å²) in [5, 5.41) is 10.3. The topological polar surface area (TPSA) is 83.6 Å². The van der Waals surface area contributed by atoms with E-state index in [0.717, 1.165) is 12.0 Å². The summed E-state index contributed by atoms with van der Waals surface area (Å²) in [7, 11) is 0. The largest absolute Gasteiger partial charge is 0.355 e. The number of carbonyl (C=O) groups excluding carboxylic acids is 1. The molecule has 0 aliphatic rings. The third-order valence-electron chi connectivity index (χ3n) is 3.63. The molecule has 0 spiro atoms. The number of hydrogen-bond donors (Lipinski definition) is 2. The Morgan fingerprint density at radius 1 is 1.20 bits per heavy atom. The van der Waals surface area contributed by atoms with Gasteiger partial charge in [0.2, 0.25) is 11.1 Å². The molecule has 2 heterocycles. The average Bonchev–Trinajstić information content (AvgIpc) is 3.12. The van der Waals surface area contributed by atoms with Gasteiger partial charge in [-0.25, -0.2) is 4.98 Å². The summed E-state index contributed by atoms with van der Waals surface area (Å²) in [6, 6.07) is 13.8. The van der Waals surface area contributed by atoms with Crippen LogP contribution >= 0.6 is 11.8 Å². The van der Waals surface area contributed by atoms with E-state index >= 15 is 0 Å². The van der Waals surface area contributed by atoms with E-state index in [1.165, 1.54) is 17.3 Å². The Morgan fingerprint density at radius 3 is 2.72 bits per heavy atom. The number of pyridine rings is 1. The van der Waals surface area contributed by atoms with Crippen LogP contribution in [-0.4, -0.2) is 37.9 Å². The van der Waals surface area contributed by atoms with Gasteiger partial charge in [-0.3, -0.25) is 14.9 Å². The number of nitrogens with zero attached hydrogens (tertiary/aromatic N) is 3. The quantitative estimate of drug-likeness (QED) is 0.638. The number of rotatable bonds is 7. The van der Waals surface area contributed by atoms with Gasteiger partial charge < -0.3 is 5.32 Å². The lowest BCUT2D eigenvalue weighted by Gasteiger charge is -2.10. The molecule has 7 heteroatoms. The van der Waals surface area contributed by atoms with Crippen molar-refractivity contribution in [2.45, 2.75) is 23.8 Å². The summed E-state index contributed by atoms with van der Waals surface area (Å²) in [4.78, 5) is 20.6. The molecule has 1 atom stereocenters. The maximum atomic E-state index is 12.2. The molecule has 0 unspecified atom stereocenters. The Kier molecular flexibility index (Phi) is 5.79. The molecule has 1 aromatic carbocycles. The molecule has 0 bridgehead atoms. The number of aromatic amines is 1. The second kappa shape index (κ2) is 8.43. The monoisotopic (exact) mass is 353 g/mol. The summed E-state index contributed by atoms with van der Waals surface area (Å²) in [6.07, 6.45) is 4.22. The third kappa shape index (κ3) is 4.90. The van der Waals surface area contributed by atoms with Crippen molar-refractivity contribution in [2.24, 2.45) is 0 Å². The van der Waals surface area contributed by atoms with Gasteiger partial charge >= 0.3 is 0 Å². The molecule has 2 N–H and O–H groups in total. The van der Waals surface area contributed by atoms with Crippen molar-refractivity contribution in [1.29, 1.82) is 0 Å². The minimum atomic E-state index is -0.267. The lowest BCUT2D eigenvalue weighted by molar-refractivity contribution is -0.120. The zero-order chi connectivity index (χ0) is 17.5. The molecule has 0 fully saturated rings. The summed E-state index contributed by atoms with van der Waals surface area (Å²) in [6.45, 7) is 2.47. The number of benzene rings is 1. The number of hydrogen-bond acceptors (Lipinski definition) is 5. The van der Waals surface area contributed by atoms with Crippen molar-refractivity contribution >= 4 is 17.7 Å². The fourth-order valence-electron chi connectivity index (χ4n) is 2.27. The third-order valence-corrected chi connectivity index (χ3v) is 4.59. The van der Waals surface area contributed by atoms with Gasteiger partial charge in [-0.05, 0) is 31.0 Å². The van der Waals surface area contributed by atoms with Gasteiger partial charge in [-0.1, -0.05) is 42.1 Å². The molecular formula is C18H19N5OS. The van der Waals surface area contributed by atoms with Crippen LogP contribution in [0.4, 0.5) is 0 Å².